The van der Waals surface area contributed by atoms with Gasteiger partial charge in [0, 0.05) is 11.8 Å². The molecule has 0 spiro atoms. The standard InChI is InChI=1S/C15H15NO3/c1-11-6-8-13(9-7-11)19-15(17)16-12-4-3-5-14(10-12)18-2/h3-10H,1-2H3,(H,16,17). The molecule has 1 N–H and O–H groups in total. The fourth-order valence-corrected chi connectivity index (χ4v) is 1.56. The van der Waals surface area contributed by atoms with Gasteiger partial charge >= 0.3 is 6.09 Å². The molecule has 4 nitrogen and oxygen atoms in total. The molecule has 2 rings (SSSR count). The van der Waals surface area contributed by atoms with Crippen molar-refractivity contribution in [1.29, 1.82) is 0 Å². The third kappa shape index (κ3) is 3.74. The highest BCUT2D eigenvalue weighted by atomic mass is 16.6. The van der Waals surface area contributed by atoms with Crippen molar-refractivity contribution in [3.05, 3.63) is 54.1 Å². The van der Waals surface area contributed by atoms with Crippen LogP contribution in [-0.2, 0) is 0 Å². The highest BCUT2D eigenvalue weighted by Gasteiger charge is 2.05. The summed E-state index contributed by atoms with van der Waals surface area (Å²) in [5.41, 5.74) is 1.73. The fourth-order valence-electron chi connectivity index (χ4n) is 1.56. The lowest BCUT2D eigenvalue weighted by molar-refractivity contribution is 0.215. The van der Waals surface area contributed by atoms with Gasteiger partial charge in [0.25, 0.3) is 0 Å². The topological polar surface area (TPSA) is 47.6 Å². The highest BCUT2D eigenvalue weighted by molar-refractivity contribution is 5.86. The van der Waals surface area contributed by atoms with Gasteiger partial charge in [-0.1, -0.05) is 23.8 Å². The molecule has 2 aromatic rings. The Balaban J connectivity index is 1.99. The maximum atomic E-state index is 11.7. The number of nitrogens with one attached hydrogen (secondary N) is 1. The second-order valence-electron chi connectivity index (χ2n) is 4.06. The molecule has 4 heteroatoms. The van der Waals surface area contributed by atoms with Gasteiger partial charge in [-0.15, -0.1) is 0 Å². The summed E-state index contributed by atoms with van der Waals surface area (Å²) in [6.45, 7) is 1.97. The number of carbonyl (C=O) groups excluding carboxylic acids is 1. The van der Waals surface area contributed by atoms with Crippen molar-refractivity contribution in [3.63, 3.8) is 0 Å². The maximum Gasteiger partial charge on any atom is 0.417 e. The van der Waals surface area contributed by atoms with Crippen molar-refractivity contribution >= 4 is 11.8 Å². The smallest absolute Gasteiger partial charge is 0.417 e. The Morgan fingerprint density at radius 1 is 1.05 bits per heavy atom. The van der Waals surface area contributed by atoms with Crippen molar-refractivity contribution in [2.24, 2.45) is 0 Å². The summed E-state index contributed by atoms with van der Waals surface area (Å²) in [6.07, 6.45) is -0.530. The SMILES string of the molecule is COc1cccc(NC(=O)Oc2ccc(C)cc2)c1. The van der Waals surface area contributed by atoms with Gasteiger partial charge in [-0.3, -0.25) is 5.32 Å². The molecular formula is C15H15NO3. The number of rotatable bonds is 3. The second-order valence-corrected chi connectivity index (χ2v) is 4.06. The Morgan fingerprint density at radius 3 is 2.47 bits per heavy atom. The van der Waals surface area contributed by atoms with Crippen LogP contribution in [0.1, 0.15) is 5.56 Å². The summed E-state index contributed by atoms with van der Waals surface area (Å²) in [6, 6.07) is 14.3. The van der Waals surface area contributed by atoms with E-state index in [2.05, 4.69) is 5.32 Å². The van der Waals surface area contributed by atoms with Gasteiger partial charge in [0.15, 0.2) is 0 Å². The van der Waals surface area contributed by atoms with Gasteiger partial charge in [-0.2, -0.15) is 0 Å². The van der Waals surface area contributed by atoms with Crippen LogP contribution in [0.25, 0.3) is 0 Å². The molecule has 19 heavy (non-hydrogen) atoms. The summed E-state index contributed by atoms with van der Waals surface area (Å²) < 4.78 is 10.2. The number of hydrogen-bond acceptors (Lipinski definition) is 3. The number of carbonyl (C=O) groups is 1. The molecule has 0 aliphatic rings. The largest absolute Gasteiger partial charge is 0.497 e. The van der Waals surface area contributed by atoms with E-state index in [-0.39, 0.29) is 0 Å². The lowest BCUT2D eigenvalue weighted by atomic mass is 10.2. The monoisotopic (exact) mass is 257 g/mol. The third-order valence-electron chi connectivity index (χ3n) is 2.55. The number of benzene rings is 2. The van der Waals surface area contributed by atoms with Crippen LogP contribution in [0, 0.1) is 6.92 Å². The van der Waals surface area contributed by atoms with Crippen molar-refractivity contribution in [2.75, 3.05) is 12.4 Å². The molecule has 0 aliphatic carbocycles. The predicted octanol–water partition coefficient (Wildman–Crippen LogP) is 3.61. The number of aryl methyl sites for hydroxylation is 1. The molecule has 2 aromatic carbocycles. The molecule has 0 saturated heterocycles. The first-order chi connectivity index (χ1) is 9.17. The van der Waals surface area contributed by atoms with E-state index in [0.29, 0.717) is 17.2 Å². The molecule has 0 atom stereocenters. The lowest BCUT2D eigenvalue weighted by Crippen LogP contribution is -2.16. The van der Waals surface area contributed by atoms with E-state index in [1.54, 1.807) is 43.5 Å². The molecule has 0 unspecified atom stereocenters. The lowest BCUT2D eigenvalue weighted by Gasteiger charge is -2.08. The van der Waals surface area contributed by atoms with Crippen LogP contribution in [0.3, 0.4) is 0 Å². The average Bonchev–Trinajstić information content (AvgIpc) is 2.41. The van der Waals surface area contributed by atoms with Crippen LogP contribution in [0.15, 0.2) is 48.5 Å². The van der Waals surface area contributed by atoms with Crippen LogP contribution in [0.5, 0.6) is 11.5 Å². The predicted molar refractivity (Wildman–Crippen MR) is 73.8 cm³/mol. The molecule has 0 radical (unpaired) electrons. The fraction of sp³-hybridized carbons (Fsp3) is 0.133. The Hall–Kier alpha value is -2.49. The minimum atomic E-state index is -0.530. The van der Waals surface area contributed by atoms with Gasteiger partial charge in [-0.25, -0.2) is 4.79 Å². The Kier molecular flexibility index (Phi) is 4.03. The maximum absolute atomic E-state index is 11.7. The van der Waals surface area contributed by atoms with E-state index in [9.17, 15) is 4.79 Å². The zero-order valence-electron chi connectivity index (χ0n) is 10.8. The van der Waals surface area contributed by atoms with E-state index in [4.69, 9.17) is 9.47 Å². The molecule has 0 aliphatic heterocycles. The van der Waals surface area contributed by atoms with Crippen molar-refractivity contribution < 1.29 is 14.3 Å². The number of ether oxygens (including phenoxy) is 2. The average molecular weight is 257 g/mol. The van der Waals surface area contributed by atoms with Crippen LogP contribution in [0.2, 0.25) is 0 Å². The zero-order chi connectivity index (χ0) is 13.7. The minimum Gasteiger partial charge on any atom is -0.497 e. The summed E-state index contributed by atoms with van der Waals surface area (Å²) in [5.74, 6) is 1.18. The van der Waals surface area contributed by atoms with Crippen LogP contribution in [0.4, 0.5) is 10.5 Å². The second kappa shape index (κ2) is 5.91. The van der Waals surface area contributed by atoms with Crippen LogP contribution in [-0.4, -0.2) is 13.2 Å². The molecular weight excluding hydrogens is 242 g/mol. The molecule has 0 bridgehead atoms. The zero-order valence-corrected chi connectivity index (χ0v) is 10.8. The molecule has 0 aromatic heterocycles. The summed E-state index contributed by atoms with van der Waals surface area (Å²) in [4.78, 5) is 11.7. The Morgan fingerprint density at radius 2 is 1.79 bits per heavy atom. The van der Waals surface area contributed by atoms with Gasteiger partial charge in [-0.05, 0) is 31.2 Å². The number of anilines is 1. The van der Waals surface area contributed by atoms with Gasteiger partial charge < -0.3 is 9.47 Å². The van der Waals surface area contributed by atoms with Gasteiger partial charge in [0.2, 0.25) is 0 Å². The van der Waals surface area contributed by atoms with Crippen molar-refractivity contribution in [3.8, 4) is 11.5 Å². The van der Waals surface area contributed by atoms with Gasteiger partial charge in [0.1, 0.15) is 11.5 Å². The molecule has 0 fully saturated rings. The number of hydrogen-bond donors (Lipinski definition) is 1. The highest BCUT2D eigenvalue weighted by Crippen LogP contribution is 2.17. The normalized spacial score (nSPS) is 9.79. The van der Waals surface area contributed by atoms with E-state index >= 15 is 0 Å². The summed E-state index contributed by atoms with van der Waals surface area (Å²) in [7, 11) is 1.57. The molecule has 0 heterocycles. The van der Waals surface area contributed by atoms with Crippen LogP contribution < -0.4 is 14.8 Å². The number of methoxy groups -OCH3 is 1. The van der Waals surface area contributed by atoms with E-state index in [1.807, 2.05) is 19.1 Å². The number of amides is 1. The third-order valence-corrected chi connectivity index (χ3v) is 2.55. The molecule has 98 valence electrons. The van der Waals surface area contributed by atoms with Crippen LogP contribution >= 0.6 is 0 Å². The first kappa shape index (κ1) is 13.0. The van der Waals surface area contributed by atoms with E-state index in [1.165, 1.54) is 0 Å². The quantitative estimate of drug-likeness (QED) is 0.913. The van der Waals surface area contributed by atoms with E-state index < -0.39 is 6.09 Å². The Bertz CT molecular complexity index is 564. The first-order valence-electron chi connectivity index (χ1n) is 5.87. The minimum absolute atomic E-state index is 0.506. The van der Waals surface area contributed by atoms with E-state index in [0.717, 1.165) is 5.56 Å². The molecule has 0 saturated carbocycles. The first-order valence-corrected chi connectivity index (χ1v) is 5.87. The summed E-state index contributed by atoms with van der Waals surface area (Å²) >= 11 is 0. The van der Waals surface area contributed by atoms with Gasteiger partial charge in [0.05, 0.1) is 7.11 Å². The van der Waals surface area contributed by atoms with Crippen molar-refractivity contribution in [2.45, 2.75) is 6.92 Å². The van der Waals surface area contributed by atoms with Crippen molar-refractivity contribution in [1.82, 2.24) is 0 Å². The summed E-state index contributed by atoms with van der Waals surface area (Å²) in [5, 5.41) is 2.64. The Labute approximate surface area is 112 Å². The molecule has 1 amide bonds.